The first-order chi connectivity index (χ1) is 9.15. The number of fused-ring (bicyclic) bond motifs is 1. The van der Waals surface area contributed by atoms with Gasteiger partial charge in [-0.1, -0.05) is 15.9 Å². The summed E-state index contributed by atoms with van der Waals surface area (Å²) < 4.78 is 1.01. The van der Waals surface area contributed by atoms with E-state index in [-0.39, 0.29) is 5.91 Å². The summed E-state index contributed by atoms with van der Waals surface area (Å²) in [6.07, 6.45) is 1.20. The standard InChI is InChI=1S/C14H18BrN3O/c1-17-13-6-11(15)2-3-12(13)18(9-14(17)19)8-10-4-5-16-7-10/h2-3,6,10,16H,4-5,7-9H2,1H3. The summed E-state index contributed by atoms with van der Waals surface area (Å²) in [6, 6.07) is 6.17. The molecule has 0 radical (unpaired) electrons. The molecule has 1 aromatic rings. The quantitative estimate of drug-likeness (QED) is 0.902. The van der Waals surface area contributed by atoms with Crippen molar-refractivity contribution in [1.29, 1.82) is 0 Å². The molecule has 5 heteroatoms. The fourth-order valence-electron chi connectivity index (χ4n) is 2.87. The monoisotopic (exact) mass is 323 g/mol. The van der Waals surface area contributed by atoms with Crippen LogP contribution in [0.25, 0.3) is 0 Å². The lowest BCUT2D eigenvalue weighted by Crippen LogP contribution is -2.45. The van der Waals surface area contributed by atoms with Gasteiger partial charge in [-0.05, 0) is 43.6 Å². The molecule has 2 aliphatic heterocycles. The van der Waals surface area contributed by atoms with Crippen LogP contribution in [0.1, 0.15) is 6.42 Å². The van der Waals surface area contributed by atoms with Crippen LogP contribution in [0.2, 0.25) is 0 Å². The largest absolute Gasteiger partial charge is 0.360 e. The molecule has 1 amide bonds. The minimum absolute atomic E-state index is 0.163. The van der Waals surface area contributed by atoms with Gasteiger partial charge in [0, 0.05) is 18.1 Å². The van der Waals surface area contributed by atoms with E-state index in [0.717, 1.165) is 35.5 Å². The van der Waals surface area contributed by atoms with Crippen molar-refractivity contribution >= 4 is 33.2 Å². The number of hydrogen-bond acceptors (Lipinski definition) is 3. The van der Waals surface area contributed by atoms with Crippen LogP contribution in [-0.4, -0.2) is 39.1 Å². The van der Waals surface area contributed by atoms with Crippen molar-refractivity contribution in [2.75, 3.05) is 43.0 Å². The molecular formula is C14H18BrN3O. The van der Waals surface area contributed by atoms with Gasteiger partial charge in [0.1, 0.15) is 0 Å². The molecule has 1 N–H and O–H groups in total. The third kappa shape index (κ3) is 2.49. The van der Waals surface area contributed by atoms with Gasteiger partial charge >= 0.3 is 0 Å². The number of amides is 1. The van der Waals surface area contributed by atoms with Crippen LogP contribution in [0.15, 0.2) is 22.7 Å². The van der Waals surface area contributed by atoms with Crippen LogP contribution in [-0.2, 0) is 4.79 Å². The third-order valence-corrected chi connectivity index (χ3v) is 4.47. The highest BCUT2D eigenvalue weighted by Gasteiger charge is 2.29. The molecule has 1 atom stereocenters. The van der Waals surface area contributed by atoms with Gasteiger partial charge in [0.15, 0.2) is 0 Å². The lowest BCUT2D eigenvalue weighted by atomic mass is 10.1. The van der Waals surface area contributed by atoms with Gasteiger partial charge in [-0.2, -0.15) is 0 Å². The van der Waals surface area contributed by atoms with Gasteiger partial charge in [-0.3, -0.25) is 4.79 Å². The number of rotatable bonds is 2. The van der Waals surface area contributed by atoms with E-state index in [1.54, 1.807) is 4.90 Å². The second-order valence-electron chi connectivity index (χ2n) is 5.33. The number of likely N-dealkylation sites (N-methyl/N-ethyl adjacent to an activating group) is 1. The Hall–Kier alpha value is -1.07. The van der Waals surface area contributed by atoms with E-state index in [0.29, 0.717) is 12.5 Å². The lowest BCUT2D eigenvalue weighted by Gasteiger charge is -2.36. The van der Waals surface area contributed by atoms with Crippen molar-refractivity contribution in [3.8, 4) is 0 Å². The van der Waals surface area contributed by atoms with E-state index in [9.17, 15) is 4.79 Å². The van der Waals surface area contributed by atoms with E-state index in [1.807, 2.05) is 19.2 Å². The van der Waals surface area contributed by atoms with Crippen molar-refractivity contribution in [2.24, 2.45) is 5.92 Å². The zero-order valence-corrected chi connectivity index (χ0v) is 12.6. The summed E-state index contributed by atoms with van der Waals surface area (Å²) in [7, 11) is 1.85. The Kier molecular flexibility index (Phi) is 3.50. The first kappa shape index (κ1) is 12.9. The molecule has 1 fully saturated rings. The van der Waals surface area contributed by atoms with E-state index in [2.05, 4.69) is 32.2 Å². The zero-order valence-electron chi connectivity index (χ0n) is 11.0. The van der Waals surface area contributed by atoms with Crippen molar-refractivity contribution < 1.29 is 4.79 Å². The molecule has 0 bridgehead atoms. The van der Waals surface area contributed by atoms with Crippen LogP contribution in [0.4, 0.5) is 11.4 Å². The third-order valence-electron chi connectivity index (χ3n) is 3.98. The number of anilines is 2. The second-order valence-corrected chi connectivity index (χ2v) is 6.24. The maximum absolute atomic E-state index is 12.1. The summed E-state index contributed by atoms with van der Waals surface area (Å²) in [5, 5.41) is 3.39. The average molecular weight is 324 g/mol. The van der Waals surface area contributed by atoms with Gasteiger partial charge in [0.05, 0.1) is 17.9 Å². The fraction of sp³-hybridized carbons (Fsp3) is 0.500. The molecule has 1 saturated heterocycles. The number of carbonyl (C=O) groups is 1. The van der Waals surface area contributed by atoms with Crippen LogP contribution < -0.4 is 15.1 Å². The number of nitrogens with one attached hydrogen (secondary N) is 1. The first-order valence-corrected chi connectivity index (χ1v) is 7.46. The summed E-state index contributed by atoms with van der Waals surface area (Å²) in [5.74, 6) is 0.809. The smallest absolute Gasteiger partial charge is 0.246 e. The highest BCUT2D eigenvalue weighted by molar-refractivity contribution is 9.10. The van der Waals surface area contributed by atoms with Crippen LogP contribution in [0.5, 0.6) is 0 Å². The molecule has 0 aromatic heterocycles. The molecule has 0 aliphatic carbocycles. The number of hydrogen-bond donors (Lipinski definition) is 1. The Morgan fingerprint density at radius 3 is 3.00 bits per heavy atom. The minimum Gasteiger partial charge on any atom is -0.360 e. The molecule has 2 aliphatic rings. The van der Waals surface area contributed by atoms with Crippen molar-refractivity contribution in [2.45, 2.75) is 6.42 Å². The highest BCUT2D eigenvalue weighted by Crippen LogP contribution is 2.35. The van der Waals surface area contributed by atoms with Crippen molar-refractivity contribution in [3.05, 3.63) is 22.7 Å². The molecule has 19 heavy (non-hydrogen) atoms. The van der Waals surface area contributed by atoms with Crippen molar-refractivity contribution in [1.82, 2.24) is 5.32 Å². The molecule has 4 nitrogen and oxygen atoms in total. The summed E-state index contributed by atoms with van der Waals surface area (Å²) in [6.45, 7) is 3.61. The van der Waals surface area contributed by atoms with E-state index >= 15 is 0 Å². The minimum atomic E-state index is 0.163. The molecule has 3 rings (SSSR count). The van der Waals surface area contributed by atoms with Gasteiger partial charge < -0.3 is 15.1 Å². The van der Waals surface area contributed by atoms with Crippen LogP contribution in [0.3, 0.4) is 0 Å². The fourth-order valence-corrected chi connectivity index (χ4v) is 3.22. The maximum Gasteiger partial charge on any atom is 0.246 e. The van der Waals surface area contributed by atoms with Crippen LogP contribution >= 0.6 is 15.9 Å². The number of halogens is 1. The average Bonchev–Trinajstić information content (AvgIpc) is 2.88. The van der Waals surface area contributed by atoms with Gasteiger partial charge in [0.25, 0.3) is 0 Å². The zero-order chi connectivity index (χ0) is 13.4. The number of nitrogens with zero attached hydrogens (tertiary/aromatic N) is 2. The SMILES string of the molecule is CN1C(=O)CN(CC2CCNC2)c2ccc(Br)cc21. The summed E-state index contributed by atoms with van der Waals surface area (Å²) in [4.78, 5) is 16.1. The van der Waals surface area contributed by atoms with Gasteiger partial charge in [0.2, 0.25) is 5.91 Å². The Balaban J connectivity index is 1.89. The molecule has 1 unspecified atom stereocenters. The number of benzene rings is 1. The molecule has 2 heterocycles. The summed E-state index contributed by atoms with van der Waals surface area (Å²) in [5.41, 5.74) is 2.16. The second kappa shape index (κ2) is 5.13. The van der Waals surface area contributed by atoms with E-state index < -0.39 is 0 Å². The lowest BCUT2D eigenvalue weighted by molar-refractivity contribution is -0.117. The predicted molar refractivity (Wildman–Crippen MR) is 80.7 cm³/mol. The molecule has 0 saturated carbocycles. The topological polar surface area (TPSA) is 35.6 Å². The predicted octanol–water partition coefficient (Wildman–Crippen LogP) is 1.84. The van der Waals surface area contributed by atoms with Crippen LogP contribution in [0, 0.1) is 5.92 Å². The first-order valence-electron chi connectivity index (χ1n) is 6.67. The normalized spacial score (nSPS) is 22.8. The molecule has 1 aromatic carbocycles. The highest BCUT2D eigenvalue weighted by atomic mass is 79.9. The van der Waals surface area contributed by atoms with E-state index in [4.69, 9.17) is 0 Å². The van der Waals surface area contributed by atoms with E-state index in [1.165, 1.54) is 6.42 Å². The Morgan fingerprint density at radius 2 is 2.26 bits per heavy atom. The summed E-state index contributed by atoms with van der Waals surface area (Å²) >= 11 is 3.48. The maximum atomic E-state index is 12.1. The van der Waals surface area contributed by atoms with Crippen molar-refractivity contribution in [3.63, 3.8) is 0 Å². The Morgan fingerprint density at radius 1 is 1.42 bits per heavy atom. The molecule has 0 spiro atoms. The Bertz CT molecular complexity index is 499. The van der Waals surface area contributed by atoms with Gasteiger partial charge in [-0.25, -0.2) is 0 Å². The van der Waals surface area contributed by atoms with Gasteiger partial charge in [-0.15, -0.1) is 0 Å². The Labute approximate surface area is 121 Å². The molecule has 102 valence electrons. The molecular weight excluding hydrogens is 306 g/mol. The number of carbonyl (C=O) groups excluding carboxylic acids is 1.